The molecule has 0 atom stereocenters. The van der Waals surface area contributed by atoms with E-state index in [1.165, 1.54) is 17.9 Å². The molecule has 0 saturated heterocycles. The number of aryl methyl sites for hydroxylation is 1. The Morgan fingerprint density at radius 2 is 1.80 bits per heavy atom. The maximum Gasteiger partial charge on any atom is 0.268 e. The fourth-order valence-electron chi connectivity index (χ4n) is 3.04. The summed E-state index contributed by atoms with van der Waals surface area (Å²) in [5.41, 5.74) is 1.56. The van der Waals surface area contributed by atoms with Gasteiger partial charge in [0, 0.05) is 24.5 Å². The third-order valence-corrected chi connectivity index (χ3v) is 4.59. The molecule has 0 aliphatic heterocycles. The van der Waals surface area contributed by atoms with Crippen LogP contribution in [0.2, 0.25) is 0 Å². The second kappa shape index (κ2) is 8.04. The zero-order valence-corrected chi connectivity index (χ0v) is 16.4. The van der Waals surface area contributed by atoms with Crippen molar-refractivity contribution < 1.29 is 9.53 Å². The molecular weight excluding hydrogens is 382 g/mol. The van der Waals surface area contributed by atoms with Gasteiger partial charge in [-0.1, -0.05) is 18.2 Å². The molecule has 8 heteroatoms. The van der Waals surface area contributed by atoms with E-state index in [9.17, 15) is 9.59 Å². The molecule has 30 heavy (non-hydrogen) atoms. The van der Waals surface area contributed by atoms with Crippen LogP contribution in [0.15, 0.2) is 78.0 Å². The van der Waals surface area contributed by atoms with Gasteiger partial charge in [0.1, 0.15) is 5.56 Å². The van der Waals surface area contributed by atoms with E-state index in [2.05, 4.69) is 15.4 Å². The predicted octanol–water partition coefficient (Wildman–Crippen LogP) is 2.99. The number of aromatic nitrogens is 4. The van der Waals surface area contributed by atoms with Gasteiger partial charge in [0.15, 0.2) is 5.82 Å². The summed E-state index contributed by atoms with van der Waals surface area (Å²) in [6.45, 7) is 1.72. The summed E-state index contributed by atoms with van der Waals surface area (Å²) in [6.07, 6.45) is 4.87. The molecule has 8 nitrogen and oxygen atoms in total. The largest absolute Gasteiger partial charge is 0.481 e. The molecule has 150 valence electrons. The highest BCUT2D eigenvalue weighted by Crippen LogP contribution is 2.14. The molecule has 0 unspecified atom stereocenters. The van der Waals surface area contributed by atoms with Crippen LogP contribution in [0.25, 0.3) is 11.4 Å². The molecule has 0 radical (unpaired) electrons. The Bertz CT molecular complexity index is 1240. The first-order valence-corrected chi connectivity index (χ1v) is 9.22. The molecular formula is C22H19N5O3. The lowest BCUT2D eigenvalue weighted by Gasteiger charge is -2.10. The van der Waals surface area contributed by atoms with Crippen LogP contribution in [-0.4, -0.2) is 32.3 Å². The summed E-state index contributed by atoms with van der Waals surface area (Å²) >= 11 is 0. The summed E-state index contributed by atoms with van der Waals surface area (Å²) in [6, 6.07) is 16.3. The molecule has 4 rings (SSSR count). The normalized spacial score (nSPS) is 10.6. The van der Waals surface area contributed by atoms with Crippen LogP contribution in [0.3, 0.4) is 0 Å². The Morgan fingerprint density at radius 3 is 2.50 bits per heavy atom. The smallest absolute Gasteiger partial charge is 0.268 e. The van der Waals surface area contributed by atoms with Crippen molar-refractivity contribution in [1.29, 1.82) is 0 Å². The monoisotopic (exact) mass is 401 g/mol. The number of nitrogens with zero attached hydrogens (tertiary/aromatic N) is 4. The molecule has 0 saturated carbocycles. The first-order chi connectivity index (χ1) is 14.6. The van der Waals surface area contributed by atoms with Gasteiger partial charge in [0.05, 0.1) is 24.7 Å². The minimum Gasteiger partial charge on any atom is -0.481 e. The van der Waals surface area contributed by atoms with Gasteiger partial charge in [-0.05, 0) is 36.8 Å². The quantitative estimate of drug-likeness (QED) is 0.555. The van der Waals surface area contributed by atoms with Crippen LogP contribution in [0.5, 0.6) is 5.88 Å². The van der Waals surface area contributed by atoms with Gasteiger partial charge in [0.2, 0.25) is 5.88 Å². The van der Waals surface area contributed by atoms with E-state index in [1.54, 1.807) is 48.3 Å². The van der Waals surface area contributed by atoms with Crippen LogP contribution in [-0.2, 0) is 0 Å². The van der Waals surface area contributed by atoms with Crippen molar-refractivity contribution in [2.45, 2.75) is 6.92 Å². The van der Waals surface area contributed by atoms with Crippen molar-refractivity contribution in [1.82, 2.24) is 19.3 Å². The summed E-state index contributed by atoms with van der Waals surface area (Å²) in [5, 5.41) is 7.06. The van der Waals surface area contributed by atoms with Gasteiger partial charge in [-0.3, -0.25) is 14.2 Å². The number of nitrogens with one attached hydrogen (secondary N) is 1. The molecule has 1 aromatic carbocycles. The zero-order valence-electron chi connectivity index (χ0n) is 16.4. The number of para-hydroxylation sites is 1. The Balaban J connectivity index is 1.63. The Hall–Kier alpha value is -4.20. The standard InChI is InChI=1S/C22H19N5O3/c1-15-10-12-26(17-8-9-19(30-2)23-14-17)22(29)20(15)21(28)24-18-11-13-27(25-18)16-6-4-3-5-7-16/h3-14H,1-2H3,(H,24,25,28). The maximum absolute atomic E-state index is 13.0. The fourth-order valence-corrected chi connectivity index (χ4v) is 3.04. The second-order valence-electron chi connectivity index (χ2n) is 6.54. The lowest BCUT2D eigenvalue weighted by Crippen LogP contribution is -2.29. The van der Waals surface area contributed by atoms with Crippen LogP contribution in [0, 0.1) is 6.92 Å². The van der Waals surface area contributed by atoms with Gasteiger partial charge in [-0.15, -0.1) is 0 Å². The molecule has 3 aromatic heterocycles. The summed E-state index contributed by atoms with van der Waals surface area (Å²) < 4.78 is 8.06. The lowest BCUT2D eigenvalue weighted by molar-refractivity contribution is 0.102. The molecule has 0 fully saturated rings. The number of rotatable bonds is 5. The van der Waals surface area contributed by atoms with Crippen molar-refractivity contribution in [2.24, 2.45) is 0 Å². The molecule has 3 heterocycles. The van der Waals surface area contributed by atoms with Crippen LogP contribution < -0.4 is 15.6 Å². The number of pyridine rings is 2. The van der Waals surface area contributed by atoms with E-state index >= 15 is 0 Å². The number of amides is 1. The molecule has 1 amide bonds. The molecule has 0 spiro atoms. The number of carbonyl (C=O) groups excluding carboxylic acids is 1. The summed E-state index contributed by atoms with van der Waals surface area (Å²) in [5.74, 6) is 0.265. The van der Waals surface area contributed by atoms with Crippen LogP contribution in [0.1, 0.15) is 15.9 Å². The van der Waals surface area contributed by atoms with Gasteiger partial charge < -0.3 is 10.1 Å². The average Bonchev–Trinajstić information content (AvgIpc) is 3.23. The van der Waals surface area contributed by atoms with Gasteiger partial charge in [-0.2, -0.15) is 5.10 Å². The number of benzene rings is 1. The zero-order chi connectivity index (χ0) is 21.1. The number of ether oxygens (including phenoxy) is 1. The van der Waals surface area contributed by atoms with Gasteiger partial charge >= 0.3 is 0 Å². The number of methoxy groups -OCH3 is 1. The third kappa shape index (κ3) is 3.70. The average molecular weight is 401 g/mol. The minimum absolute atomic E-state index is 0.0441. The van der Waals surface area contributed by atoms with Crippen molar-refractivity contribution in [3.63, 3.8) is 0 Å². The topological polar surface area (TPSA) is 91.0 Å². The van der Waals surface area contributed by atoms with Gasteiger partial charge in [-0.25, -0.2) is 9.67 Å². The van der Waals surface area contributed by atoms with E-state index in [0.717, 1.165) is 5.69 Å². The van der Waals surface area contributed by atoms with Crippen molar-refractivity contribution in [3.8, 4) is 17.3 Å². The second-order valence-corrected chi connectivity index (χ2v) is 6.54. The van der Waals surface area contributed by atoms with E-state index in [0.29, 0.717) is 22.9 Å². The minimum atomic E-state index is -0.522. The highest BCUT2D eigenvalue weighted by molar-refractivity contribution is 6.04. The number of anilines is 1. The van der Waals surface area contributed by atoms with Crippen LogP contribution >= 0.6 is 0 Å². The number of hydrogen-bond donors (Lipinski definition) is 1. The van der Waals surface area contributed by atoms with Gasteiger partial charge in [0.25, 0.3) is 11.5 Å². The van der Waals surface area contributed by atoms with E-state index in [1.807, 2.05) is 30.3 Å². The Kier molecular flexibility index (Phi) is 5.13. The highest BCUT2D eigenvalue weighted by Gasteiger charge is 2.18. The van der Waals surface area contributed by atoms with E-state index in [-0.39, 0.29) is 5.56 Å². The SMILES string of the molecule is COc1ccc(-n2ccc(C)c(C(=O)Nc3ccn(-c4ccccc4)n3)c2=O)cn1. The Morgan fingerprint density at radius 1 is 1.00 bits per heavy atom. The highest BCUT2D eigenvalue weighted by atomic mass is 16.5. The van der Waals surface area contributed by atoms with Crippen LogP contribution in [0.4, 0.5) is 5.82 Å². The summed E-state index contributed by atoms with van der Waals surface area (Å²) in [4.78, 5) is 30.0. The van der Waals surface area contributed by atoms with Crippen molar-refractivity contribution >= 4 is 11.7 Å². The van der Waals surface area contributed by atoms with E-state index < -0.39 is 11.5 Å². The molecule has 4 aromatic rings. The Labute approximate surface area is 172 Å². The summed E-state index contributed by atoms with van der Waals surface area (Å²) in [7, 11) is 1.52. The predicted molar refractivity (Wildman–Crippen MR) is 113 cm³/mol. The first kappa shape index (κ1) is 19.1. The molecule has 1 N–H and O–H groups in total. The third-order valence-electron chi connectivity index (χ3n) is 4.59. The molecule has 0 aliphatic carbocycles. The van der Waals surface area contributed by atoms with Crippen molar-refractivity contribution in [2.75, 3.05) is 12.4 Å². The van der Waals surface area contributed by atoms with Crippen molar-refractivity contribution in [3.05, 3.63) is 94.7 Å². The molecule has 0 aliphatic rings. The number of carbonyl (C=O) groups is 1. The first-order valence-electron chi connectivity index (χ1n) is 9.22. The molecule has 0 bridgehead atoms. The number of hydrogen-bond acceptors (Lipinski definition) is 5. The fraction of sp³-hybridized carbons (Fsp3) is 0.0909. The van der Waals surface area contributed by atoms with E-state index in [4.69, 9.17) is 4.74 Å². The maximum atomic E-state index is 13.0. The lowest BCUT2D eigenvalue weighted by atomic mass is 10.1.